The molecule has 4 fully saturated rings. The van der Waals surface area contributed by atoms with E-state index in [2.05, 4.69) is 24.9 Å². The van der Waals surface area contributed by atoms with E-state index in [-0.39, 0.29) is 5.41 Å². The van der Waals surface area contributed by atoms with Crippen LogP contribution in [0.4, 0.5) is 0 Å². The van der Waals surface area contributed by atoms with Crippen LogP contribution in [0.2, 0.25) is 0 Å². The quantitative estimate of drug-likeness (QED) is 0.319. The molecule has 0 bridgehead atoms. The summed E-state index contributed by atoms with van der Waals surface area (Å²) in [4.78, 5) is 3.77. The molecule has 6 N–H and O–H groups in total. The van der Waals surface area contributed by atoms with Crippen LogP contribution >= 0.6 is 0 Å². The standard InChI is InChI=1S/C32H45NO7/c1-27(2,36)20(34)14-16-8-7-9-19-22(16)18-15-17-10-13-31(38)29(5,30(17,6)24(18)33-19)12-11-21-32(31)26(40-32)23(35)25(39-21)28(3,4)37/h7-9,17,20-21,23,25-26,33-38H,10-15H2,1-6H3. The molecule has 0 amide bonds. The van der Waals surface area contributed by atoms with Crippen LogP contribution in [-0.4, -0.2) is 83.4 Å². The van der Waals surface area contributed by atoms with Crippen LogP contribution in [0.15, 0.2) is 18.2 Å². The molecular weight excluding hydrogens is 510 g/mol. The van der Waals surface area contributed by atoms with Crippen molar-refractivity contribution in [1.82, 2.24) is 4.98 Å². The Labute approximate surface area is 235 Å². The normalized spacial score (nSPS) is 44.8. The predicted molar refractivity (Wildman–Crippen MR) is 149 cm³/mol. The first-order chi connectivity index (χ1) is 18.5. The predicted octanol–water partition coefficient (Wildman–Crippen LogP) is 2.63. The number of hydrogen-bond acceptors (Lipinski definition) is 7. The minimum Gasteiger partial charge on any atom is -0.390 e. The van der Waals surface area contributed by atoms with E-state index < -0.39 is 58.3 Å². The number of aromatic nitrogens is 1. The summed E-state index contributed by atoms with van der Waals surface area (Å²) in [7, 11) is 0. The van der Waals surface area contributed by atoms with E-state index in [1.54, 1.807) is 27.7 Å². The third-order valence-electron chi connectivity index (χ3n) is 12.3. The SMILES string of the molecule is CC(C)(O)C(O)Cc1cccc2[nH]c3c(c12)CC1CCC2(O)C45OC4C(O)C(C(C)(C)O)OC5CCC2(C)C31C. The number of ether oxygens (including phenoxy) is 2. The Morgan fingerprint density at radius 3 is 2.50 bits per heavy atom. The second-order valence-electron chi connectivity index (χ2n) is 15.1. The smallest absolute Gasteiger partial charge is 0.152 e. The topological polar surface area (TPSA) is 139 Å². The van der Waals surface area contributed by atoms with E-state index in [9.17, 15) is 25.5 Å². The second-order valence-corrected chi connectivity index (χ2v) is 15.1. The van der Waals surface area contributed by atoms with Gasteiger partial charge in [-0.1, -0.05) is 26.0 Å². The number of aliphatic hydroxyl groups excluding tert-OH is 2. The zero-order chi connectivity index (χ0) is 28.8. The highest BCUT2D eigenvalue weighted by Gasteiger charge is 2.86. The van der Waals surface area contributed by atoms with E-state index in [1.165, 1.54) is 5.56 Å². The van der Waals surface area contributed by atoms with Crippen molar-refractivity contribution in [1.29, 1.82) is 0 Å². The van der Waals surface area contributed by atoms with Crippen molar-refractivity contribution in [2.75, 3.05) is 0 Å². The van der Waals surface area contributed by atoms with Crippen LogP contribution in [0.25, 0.3) is 10.9 Å². The van der Waals surface area contributed by atoms with Gasteiger partial charge in [0.25, 0.3) is 0 Å². The molecule has 0 radical (unpaired) electrons. The molecule has 1 aromatic heterocycles. The van der Waals surface area contributed by atoms with E-state index in [4.69, 9.17) is 9.47 Å². The fourth-order valence-corrected chi connectivity index (χ4v) is 9.79. The van der Waals surface area contributed by atoms with Gasteiger partial charge in [-0.25, -0.2) is 0 Å². The fraction of sp³-hybridized carbons (Fsp3) is 0.750. The van der Waals surface area contributed by atoms with Crippen molar-refractivity contribution < 1.29 is 35.0 Å². The van der Waals surface area contributed by atoms with Gasteiger partial charge >= 0.3 is 0 Å². The summed E-state index contributed by atoms with van der Waals surface area (Å²) in [5.74, 6) is 0.319. The van der Waals surface area contributed by atoms with Crippen LogP contribution in [0.5, 0.6) is 0 Å². The van der Waals surface area contributed by atoms with E-state index in [0.29, 0.717) is 25.2 Å². The van der Waals surface area contributed by atoms with Gasteiger partial charge in [-0.15, -0.1) is 0 Å². The lowest BCUT2D eigenvalue weighted by molar-refractivity contribution is -0.280. The summed E-state index contributed by atoms with van der Waals surface area (Å²) >= 11 is 0. The number of aliphatic hydroxyl groups is 5. The van der Waals surface area contributed by atoms with Crippen molar-refractivity contribution in [3.8, 4) is 0 Å². The molecule has 3 heterocycles. The summed E-state index contributed by atoms with van der Waals surface area (Å²) in [5, 5.41) is 57.1. The van der Waals surface area contributed by atoms with Crippen LogP contribution in [0.3, 0.4) is 0 Å². The van der Waals surface area contributed by atoms with E-state index in [1.807, 2.05) is 12.1 Å². The maximum absolute atomic E-state index is 12.9. The van der Waals surface area contributed by atoms with Gasteiger partial charge in [-0.05, 0) is 82.9 Å². The Balaban J connectivity index is 1.32. The maximum Gasteiger partial charge on any atom is 0.152 e. The van der Waals surface area contributed by atoms with Crippen molar-refractivity contribution in [3.63, 3.8) is 0 Å². The number of epoxide rings is 1. The molecule has 7 rings (SSSR count). The molecule has 2 saturated carbocycles. The number of aromatic amines is 1. The highest BCUT2D eigenvalue weighted by atomic mass is 16.7. The van der Waals surface area contributed by atoms with Crippen molar-refractivity contribution in [2.45, 2.75) is 138 Å². The third kappa shape index (κ3) is 3.06. The maximum atomic E-state index is 12.9. The zero-order valence-corrected chi connectivity index (χ0v) is 24.5. The monoisotopic (exact) mass is 555 g/mol. The number of H-pyrrole nitrogens is 1. The number of hydrogen-bond donors (Lipinski definition) is 6. The van der Waals surface area contributed by atoms with Gasteiger partial charge in [0, 0.05) is 33.8 Å². The zero-order valence-electron chi connectivity index (χ0n) is 24.5. The average Bonchev–Trinajstić information content (AvgIpc) is 3.43. The summed E-state index contributed by atoms with van der Waals surface area (Å²) in [5.41, 5.74) is -1.16. The molecule has 40 heavy (non-hydrogen) atoms. The second kappa shape index (κ2) is 7.90. The summed E-state index contributed by atoms with van der Waals surface area (Å²) in [6, 6.07) is 6.10. The Morgan fingerprint density at radius 2 is 1.82 bits per heavy atom. The molecular formula is C32H45NO7. The van der Waals surface area contributed by atoms with Crippen molar-refractivity contribution >= 4 is 10.9 Å². The molecule has 1 spiro atoms. The minimum absolute atomic E-state index is 0.319. The number of benzene rings is 1. The molecule has 3 aliphatic carbocycles. The molecule has 5 aliphatic rings. The average molecular weight is 556 g/mol. The van der Waals surface area contributed by atoms with Crippen LogP contribution in [-0.2, 0) is 27.7 Å². The molecule has 2 aliphatic heterocycles. The first kappa shape index (κ1) is 27.3. The third-order valence-corrected chi connectivity index (χ3v) is 12.3. The molecule has 8 nitrogen and oxygen atoms in total. The lowest BCUT2D eigenvalue weighted by Gasteiger charge is -2.66. The Kier molecular flexibility index (Phi) is 5.39. The number of fused-ring (bicyclic) bond motifs is 7. The van der Waals surface area contributed by atoms with Gasteiger partial charge in [-0.2, -0.15) is 0 Å². The first-order valence-electron chi connectivity index (χ1n) is 15.0. The fourth-order valence-electron chi connectivity index (χ4n) is 9.79. The Bertz CT molecular complexity index is 1370. The van der Waals surface area contributed by atoms with Gasteiger partial charge in [0.05, 0.1) is 23.4 Å². The van der Waals surface area contributed by atoms with E-state index in [0.717, 1.165) is 41.4 Å². The molecule has 10 unspecified atom stereocenters. The van der Waals surface area contributed by atoms with Gasteiger partial charge in [0.15, 0.2) is 5.60 Å². The lowest BCUT2D eigenvalue weighted by Crippen LogP contribution is -2.76. The van der Waals surface area contributed by atoms with Crippen LogP contribution in [0, 0.1) is 11.3 Å². The first-order valence-corrected chi connectivity index (χ1v) is 15.0. The highest BCUT2D eigenvalue weighted by Crippen LogP contribution is 2.75. The van der Waals surface area contributed by atoms with Gasteiger partial charge < -0.3 is 40.0 Å². The summed E-state index contributed by atoms with van der Waals surface area (Å²) in [6.45, 7) is 11.1. The van der Waals surface area contributed by atoms with Crippen LogP contribution in [0.1, 0.15) is 84.0 Å². The Hall–Kier alpha value is -1.52. The van der Waals surface area contributed by atoms with Gasteiger partial charge in [-0.3, -0.25) is 0 Å². The highest BCUT2D eigenvalue weighted by molar-refractivity contribution is 5.89. The molecule has 2 aromatic rings. The molecule has 10 atom stereocenters. The van der Waals surface area contributed by atoms with E-state index >= 15 is 0 Å². The largest absolute Gasteiger partial charge is 0.390 e. The number of rotatable bonds is 4. The lowest BCUT2D eigenvalue weighted by atomic mass is 9.40. The van der Waals surface area contributed by atoms with Crippen LogP contribution < -0.4 is 0 Å². The van der Waals surface area contributed by atoms with Crippen molar-refractivity contribution in [2.24, 2.45) is 11.3 Å². The molecule has 8 heteroatoms. The Morgan fingerprint density at radius 1 is 1.10 bits per heavy atom. The number of nitrogens with one attached hydrogen (secondary N) is 1. The molecule has 1 aromatic carbocycles. The molecule has 220 valence electrons. The van der Waals surface area contributed by atoms with Gasteiger partial charge in [0.1, 0.15) is 23.9 Å². The van der Waals surface area contributed by atoms with Crippen molar-refractivity contribution in [3.05, 3.63) is 35.0 Å². The molecule has 2 saturated heterocycles. The minimum atomic E-state index is -1.23. The van der Waals surface area contributed by atoms with Gasteiger partial charge in [0.2, 0.25) is 0 Å². The summed E-state index contributed by atoms with van der Waals surface area (Å²) in [6.07, 6.45) is 0.354. The summed E-state index contributed by atoms with van der Waals surface area (Å²) < 4.78 is 12.8.